The molecule has 150 valence electrons. The second-order valence-corrected chi connectivity index (χ2v) is 6.64. The maximum absolute atomic E-state index is 12.5. The number of aryl methyl sites for hydroxylation is 2. The molecule has 0 radical (unpaired) electrons. The number of rotatable bonds is 7. The van der Waals surface area contributed by atoms with E-state index in [4.69, 9.17) is 14.2 Å². The van der Waals surface area contributed by atoms with Crippen molar-refractivity contribution in [3.63, 3.8) is 0 Å². The first-order valence-electron chi connectivity index (χ1n) is 9.20. The van der Waals surface area contributed by atoms with Crippen LogP contribution in [0.3, 0.4) is 0 Å². The molecular weight excluding hydrogens is 370 g/mol. The SMILES string of the molecule is COc1ccc(C(=O)COC(=O)Cc2c(C)nc3ccccc3c2C)c(OC)c1. The van der Waals surface area contributed by atoms with Gasteiger partial charge in [0.2, 0.25) is 5.78 Å². The standard InChI is InChI=1S/C23H23NO5/c1-14-17-7-5-6-8-20(17)24-15(2)19(14)12-23(26)29-13-21(25)18-10-9-16(27-3)11-22(18)28-4/h5-11H,12-13H2,1-4H3. The summed E-state index contributed by atoms with van der Waals surface area (Å²) in [7, 11) is 3.00. The van der Waals surface area contributed by atoms with Crippen LogP contribution < -0.4 is 9.47 Å². The van der Waals surface area contributed by atoms with Gasteiger partial charge in [0.25, 0.3) is 0 Å². The minimum absolute atomic E-state index is 0.0581. The summed E-state index contributed by atoms with van der Waals surface area (Å²) in [6, 6.07) is 12.7. The summed E-state index contributed by atoms with van der Waals surface area (Å²) in [6.07, 6.45) is 0.0581. The van der Waals surface area contributed by atoms with Crippen LogP contribution in [0.2, 0.25) is 0 Å². The third-order valence-electron chi connectivity index (χ3n) is 4.88. The number of esters is 1. The average Bonchev–Trinajstić information content (AvgIpc) is 2.74. The number of fused-ring (bicyclic) bond motifs is 1. The smallest absolute Gasteiger partial charge is 0.310 e. The van der Waals surface area contributed by atoms with Crippen LogP contribution >= 0.6 is 0 Å². The molecule has 29 heavy (non-hydrogen) atoms. The molecule has 0 bridgehead atoms. The van der Waals surface area contributed by atoms with Crippen molar-refractivity contribution in [3.05, 3.63) is 64.8 Å². The number of nitrogens with zero attached hydrogens (tertiary/aromatic N) is 1. The van der Waals surface area contributed by atoms with Gasteiger partial charge in [0.1, 0.15) is 11.5 Å². The first-order chi connectivity index (χ1) is 13.9. The second kappa shape index (κ2) is 8.73. The molecule has 0 unspecified atom stereocenters. The first kappa shape index (κ1) is 20.3. The molecule has 0 saturated heterocycles. The fourth-order valence-electron chi connectivity index (χ4n) is 3.28. The van der Waals surface area contributed by atoms with E-state index in [1.165, 1.54) is 14.2 Å². The van der Waals surface area contributed by atoms with Gasteiger partial charge < -0.3 is 14.2 Å². The summed E-state index contributed by atoms with van der Waals surface area (Å²) < 4.78 is 15.6. The highest BCUT2D eigenvalue weighted by Gasteiger charge is 2.18. The monoisotopic (exact) mass is 393 g/mol. The number of pyridine rings is 1. The lowest BCUT2D eigenvalue weighted by molar-refractivity contribution is -0.141. The highest BCUT2D eigenvalue weighted by atomic mass is 16.5. The molecule has 0 aliphatic rings. The second-order valence-electron chi connectivity index (χ2n) is 6.64. The van der Waals surface area contributed by atoms with Gasteiger partial charge in [0, 0.05) is 17.1 Å². The molecule has 0 aliphatic heterocycles. The first-order valence-corrected chi connectivity index (χ1v) is 9.20. The van der Waals surface area contributed by atoms with Crippen molar-refractivity contribution in [3.8, 4) is 11.5 Å². The summed E-state index contributed by atoms with van der Waals surface area (Å²) in [5.74, 6) is 0.123. The largest absolute Gasteiger partial charge is 0.497 e. The summed E-state index contributed by atoms with van der Waals surface area (Å²) in [6.45, 7) is 3.48. The van der Waals surface area contributed by atoms with E-state index in [1.54, 1.807) is 18.2 Å². The maximum atomic E-state index is 12.5. The molecule has 2 aromatic carbocycles. The van der Waals surface area contributed by atoms with Crippen molar-refractivity contribution >= 4 is 22.7 Å². The van der Waals surface area contributed by atoms with Crippen molar-refractivity contribution in [2.24, 2.45) is 0 Å². The van der Waals surface area contributed by atoms with Gasteiger partial charge in [-0.05, 0) is 43.2 Å². The Labute approximate surface area is 169 Å². The van der Waals surface area contributed by atoms with E-state index < -0.39 is 5.97 Å². The van der Waals surface area contributed by atoms with E-state index in [2.05, 4.69) is 4.98 Å². The van der Waals surface area contributed by atoms with E-state index in [-0.39, 0.29) is 18.8 Å². The number of ether oxygens (including phenoxy) is 3. The molecule has 3 aromatic rings. The van der Waals surface area contributed by atoms with Crippen LogP contribution in [0, 0.1) is 13.8 Å². The number of benzene rings is 2. The topological polar surface area (TPSA) is 74.7 Å². The summed E-state index contributed by atoms with van der Waals surface area (Å²) in [4.78, 5) is 29.4. The molecule has 3 rings (SSSR count). The van der Waals surface area contributed by atoms with E-state index in [9.17, 15) is 9.59 Å². The number of hydrogen-bond donors (Lipinski definition) is 0. The molecule has 0 spiro atoms. The molecule has 1 heterocycles. The predicted molar refractivity (Wildman–Crippen MR) is 110 cm³/mol. The van der Waals surface area contributed by atoms with E-state index >= 15 is 0 Å². The molecule has 6 heteroatoms. The van der Waals surface area contributed by atoms with Crippen molar-refractivity contribution in [2.45, 2.75) is 20.3 Å². The van der Waals surface area contributed by atoms with Crippen molar-refractivity contribution in [1.82, 2.24) is 4.98 Å². The Hall–Kier alpha value is -3.41. The van der Waals surface area contributed by atoms with Gasteiger partial charge in [-0.2, -0.15) is 0 Å². The van der Waals surface area contributed by atoms with Crippen LogP contribution in [0.1, 0.15) is 27.2 Å². The Balaban J connectivity index is 1.71. The van der Waals surface area contributed by atoms with Crippen LogP contribution in [0.4, 0.5) is 0 Å². The van der Waals surface area contributed by atoms with Crippen LogP contribution in [0.15, 0.2) is 42.5 Å². The molecule has 0 saturated carbocycles. The highest BCUT2D eigenvalue weighted by Crippen LogP contribution is 2.25. The Morgan fingerprint density at radius 3 is 2.48 bits per heavy atom. The lowest BCUT2D eigenvalue weighted by Crippen LogP contribution is -2.17. The van der Waals surface area contributed by atoms with Gasteiger partial charge in [-0.25, -0.2) is 0 Å². The molecule has 6 nitrogen and oxygen atoms in total. The van der Waals surface area contributed by atoms with Gasteiger partial charge >= 0.3 is 5.97 Å². The maximum Gasteiger partial charge on any atom is 0.310 e. The number of hydrogen-bond acceptors (Lipinski definition) is 6. The third-order valence-corrected chi connectivity index (χ3v) is 4.88. The zero-order chi connectivity index (χ0) is 21.0. The molecule has 0 aliphatic carbocycles. The molecular formula is C23H23NO5. The molecule has 1 aromatic heterocycles. The van der Waals surface area contributed by atoms with Gasteiger partial charge in [-0.3, -0.25) is 14.6 Å². The third kappa shape index (κ3) is 4.37. The summed E-state index contributed by atoms with van der Waals surface area (Å²) >= 11 is 0. The fraction of sp³-hybridized carbons (Fsp3) is 0.261. The summed E-state index contributed by atoms with van der Waals surface area (Å²) in [5.41, 5.74) is 3.82. The molecule has 0 amide bonds. The quantitative estimate of drug-likeness (QED) is 0.449. The van der Waals surface area contributed by atoms with Crippen LogP contribution in [-0.2, 0) is 16.0 Å². The number of para-hydroxylation sites is 1. The van der Waals surface area contributed by atoms with E-state index in [1.807, 2.05) is 38.1 Å². The van der Waals surface area contributed by atoms with Gasteiger partial charge in [-0.1, -0.05) is 18.2 Å². The number of carbonyl (C=O) groups excluding carboxylic acids is 2. The zero-order valence-electron chi connectivity index (χ0n) is 16.9. The zero-order valence-corrected chi connectivity index (χ0v) is 16.9. The Morgan fingerprint density at radius 1 is 1.00 bits per heavy atom. The fourth-order valence-corrected chi connectivity index (χ4v) is 3.28. The molecule has 0 atom stereocenters. The van der Waals surface area contributed by atoms with E-state index in [0.29, 0.717) is 17.1 Å². The van der Waals surface area contributed by atoms with Crippen LogP contribution in [-0.4, -0.2) is 37.6 Å². The van der Waals surface area contributed by atoms with Gasteiger partial charge in [0.05, 0.1) is 31.7 Å². The minimum atomic E-state index is -0.478. The molecule has 0 fully saturated rings. The number of methoxy groups -OCH3 is 2. The van der Waals surface area contributed by atoms with E-state index in [0.717, 1.165) is 27.7 Å². The number of ketones is 1. The van der Waals surface area contributed by atoms with Crippen LogP contribution in [0.5, 0.6) is 11.5 Å². The highest BCUT2D eigenvalue weighted by molar-refractivity contribution is 6.00. The van der Waals surface area contributed by atoms with Crippen molar-refractivity contribution in [1.29, 1.82) is 0 Å². The number of Topliss-reactive ketones (excluding diaryl/α,β-unsaturated/α-hetero) is 1. The Bertz CT molecular complexity index is 1070. The Morgan fingerprint density at radius 2 is 1.76 bits per heavy atom. The Kier molecular flexibility index (Phi) is 6.12. The lowest BCUT2D eigenvalue weighted by Gasteiger charge is -2.13. The average molecular weight is 393 g/mol. The lowest BCUT2D eigenvalue weighted by atomic mass is 10.00. The predicted octanol–water partition coefficient (Wildman–Crippen LogP) is 3.84. The van der Waals surface area contributed by atoms with Crippen molar-refractivity contribution in [2.75, 3.05) is 20.8 Å². The number of aromatic nitrogens is 1. The van der Waals surface area contributed by atoms with Crippen molar-refractivity contribution < 1.29 is 23.8 Å². The molecule has 0 N–H and O–H groups in total. The van der Waals surface area contributed by atoms with Crippen LogP contribution in [0.25, 0.3) is 10.9 Å². The van der Waals surface area contributed by atoms with Gasteiger partial charge in [0.15, 0.2) is 6.61 Å². The summed E-state index contributed by atoms with van der Waals surface area (Å²) in [5, 5.41) is 1.000. The minimum Gasteiger partial charge on any atom is -0.497 e. The van der Waals surface area contributed by atoms with Gasteiger partial charge in [-0.15, -0.1) is 0 Å². The normalized spacial score (nSPS) is 10.6. The number of carbonyl (C=O) groups is 2.